The minimum atomic E-state index is -3.71. The van der Waals surface area contributed by atoms with Gasteiger partial charge in [0, 0.05) is 17.2 Å². The van der Waals surface area contributed by atoms with Crippen LogP contribution in [0, 0.1) is 0 Å². The average molecular weight is 443 g/mol. The second kappa shape index (κ2) is 9.08. The van der Waals surface area contributed by atoms with Gasteiger partial charge < -0.3 is 10.1 Å². The van der Waals surface area contributed by atoms with Gasteiger partial charge in [-0.1, -0.05) is 0 Å². The fourth-order valence-corrected chi connectivity index (χ4v) is 2.75. The van der Waals surface area contributed by atoms with Crippen molar-refractivity contribution in [2.75, 3.05) is 32.1 Å². The van der Waals surface area contributed by atoms with Crippen LogP contribution in [0.15, 0.2) is 52.0 Å². The zero-order valence-corrected chi connectivity index (χ0v) is 16.5. The van der Waals surface area contributed by atoms with Crippen molar-refractivity contribution in [2.45, 2.75) is 4.90 Å². The summed E-state index contributed by atoms with van der Waals surface area (Å²) < 4.78 is 28.7. The monoisotopic (exact) mass is 442 g/mol. The number of pyridine rings is 1. The van der Waals surface area contributed by atoms with Gasteiger partial charge in [0.1, 0.15) is 18.2 Å². The number of nitrogens with two attached hydrogens (primary N) is 1. The van der Waals surface area contributed by atoms with Crippen LogP contribution >= 0.6 is 15.9 Å². The molecule has 1 heterocycles. The number of sulfonamides is 1. The number of carbonyl (C=O) groups excluding carboxylic acids is 1. The third kappa shape index (κ3) is 6.71. The van der Waals surface area contributed by atoms with Gasteiger partial charge in [-0.2, -0.15) is 0 Å². The Morgan fingerprint density at radius 1 is 1.27 bits per heavy atom. The molecule has 1 amide bonds. The van der Waals surface area contributed by atoms with E-state index in [4.69, 9.17) is 9.88 Å². The number of aromatic nitrogens is 1. The van der Waals surface area contributed by atoms with E-state index in [-0.39, 0.29) is 17.3 Å². The third-order valence-corrected chi connectivity index (χ3v) is 4.70. The van der Waals surface area contributed by atoms with Gasteiger partial charge >= 0.3 is 0 Å². The van der Waals surface area contributed by atoms with E-state index < -0.39 is 10.0 Å². The van der Waals surface area contributed by atoms with E-state index in [0.29, 0.717) is 24.7 Å². The maximum atomic E-state index is 12.0. The molecule has 0 saturated heterocycles. The summed E-state index contributed by atoms with van der Waals surface area (Å²) in [6.07, 6.45) is 1.61. The molecule has 0 spiro atoms. The number of primary sulfonamides is 1. The first kappa shape index (κ1) is 20.3. The summed E-state index contributed by atoms with van der Waals surface area (Å²) in [6.45, 7) is 1.04. The zero-order valence-electron chi connectivity index (χ0n) is 14.1. The van der Waals surface area contributed by atoms with E-state index in [1.54, 1.807) is 30.3 Å². The lowest BCUT2D eigenvalue weighted by Crippen LogP contribution is -2.33. The summed E-state index contributed by atoms with van der Waals surface area (Å²) >= 11 is 3.28. The number of ether oxygens (including phenoxy) is 1. The van der Waals surface area contributed by atoms with Gasteiger partial charge in [0.05, 0.1) is 11.4 Å². The molecule has 26 heavy (non-hydrogen) atoms. The molecular formula is C16H19BrN4O4S. The number of anilines is 1. The lowest BCUT2D eigenvalue weighted by molar-refractivity contribution is -0.117. The standard InChI is InChI=1S/C16H19BrN4O4S/c1-21(11-16(22)20-15-7-2-12(17)10-19-15)8-9-25-13-3-5-14(6-4-13)26(18,23)24/h2-7,10H,8-9,11H2,1H3,(H2,18,23,24)(H,19,20,22). The first-order valence-electron chi connectivity index (χ1n) is 7.59. The second-order valence-corrected chi connectivity index (χ2v) is 7.99. The first-order valence-corrected chi connectivity index (χ1v) is 9.93. The number of halogens is 1. The fourth-order valence-electron chi connectivity index (χ4n) is 2.00. The number of carbonyl (C=O) groups is 1. The average Bonchev–Trinajstić information content (AvgIpc) is 2.56. The molecule has 0 fully saturated rings. The van der Waals surface area contributed by atoms with E-state index in [9.17, 15) is 13.2 Å². The largest absolute Gasteiger partial charge is 0.492 e. The molecular weight excluding hydrogens is 424 g/mol. The highest BCUT2D eigenvalue weighted by Gasteiger charge is 2.09. The highest BCUT2D eigenvalue weighted by Crippen LogP contribution is 2.14. The quantitative estimate of drug-likeness (QED) is 0.638. The molecule has 0 saturated carbocycles. The van der Waals surface area contributed by atoms with E-state index in [2.05, 4.69) is 26.2 Å². The minimum absolute atomic E-state index is 0.0280. The van der Waals surface area contributed by atoms with Gasteiger partial charge in [-0.3, -0.25) is 9.69 Å². The fraction of sp³-hybridized carbons (Fsp3) is 0.250. The van der Waals surface area contributed by atoms with Crippen LogP contribution in [-0.2, 0) is 14.8 Å². The van der Waals surface area contributed by atoms with Crippen molar-refractivity contribution in [3.05, 3.63) is 47.1 Å². The van der Waals surface area contributed by atoms with Crippen LogP contribution in [0.1, 0.15) is 0 Å². The molecule has 3 N–H and O–H groups in total. The molecule has 0 radical (unpaired) electrons. The highest BCUT2D eigenvalue weighted by atomic mass is 79.9. The van der Waals surface area contributed by atoms with E-state index >= 15 is 0 Å². The van der Waals surface area contributed by atoms with Crippen molar-refractivity contribution < 1.29 is 17.9 Å². The van der Waals surface area contributed by atoms with Crippen molar-refractivity contribution in [3.63, 3.8) is 0 Å². The van der Waals surface area contributed by atoms with Crippen molar-refractivity contribution >= 4 is 37.7 Å². The summed E-state index contributed by atoms with van der Waals surface area (Å²) in [5.74, 6) is 0.826. The molecule has 1 aromatic carbocycles. The maximum Gasteiger partial charge on any atom is 0.239 e. The minimum Gasteiger partial charge on any atom is -0.492 e. The lowest BCUT2D eigenvalue weighted by Gasteiger charge is -2.16. The predicted molar refractivity (Wildman–Crippen MR) is 101 cm³/mol. The van der Waals surface area contributed by atoms with Crippen LogP contribution in [0.4, 0.5) is 5.82 Å². The summed E-state index contributed by atoms with van der Waals surface area (Å²) in [4.78, 5) is 17.9. The van der Waals surface area contributed by atoms with Crippen LogP contribution in [0.2, 0.25) is 0 Å². The summed E-state index contributed by atoms with van der Waals surface area (Å²) in [6, 6.07) is 9.33. The molecule has 0 unspecified atom stereocenters. The Morgan fingerprint density at radius 2 is 1.96 bits per heavy atom. The van der Waals surface area contributed by atoms with E-state index in [1.807, 2.05) is 0 Å². The van der Waals surface area contributed by atoms with Crippen LogP contribution in [-0.4, -0.2) is 51.0 Å². The maximum absolute atomic E-state index is 12.0. The van der Waals surface area contributed by atoms with Gasteiger partial charge in [0.15, 0.2) is 0 Å². The number of nitrogens with zero attached hydrogens (tertiary/aromatic N) is 2. The number of benzene rings is 1. The van der Waals surface area contributed by atoms with Gasteiger partial charge in [0.2, 0.25) is 15.9 Å². The Labute approximate surface area is 160 Å². The molecule has 10 heteroatoms. The van der Waals surface area contributed by atoms with Crippen LogP contribution in [0.25, 0.3) is 0 Å². The summed E-state index contributed by atoms with van der Waals surface area (Å²) in [7, 11) is -1.92. The Balaban J connectivity index is 1.73. The van der Waals surface area contributed by atoms with Crippen molar-refractivity contribution in [1.82, 2.24) is 9.88 Å². The molecule has 0 aliphatic heterocycles. The Kier molecular flexibility index (Phi) is 7.09. The number of likely N-dealkylation sites (N-methyl/N-ethyl adjacent to an activating group) is 1. The van der Waals surface area contributed by atoms with Gasteiger partial charge in [-0.05, 0) is 59.4 Å². The predicted octanol–water partition coefficient (Wildman–Crippen LogP) is 1.44. The van der Waals surface area contributed by atoms with Crippen molar-refractivity contribution in [2.24, 2.45) is 5.14 Å². The van der Waals surface area contributed by atoms with Crippen LogP contribution < -0.4 is 15.2 Å². The number of amides is 1. The number of hydrogen-bond donors (Lipinski definition) is 2. The zero-order chi connectivity index (χ0) is 19.2. The summed E-state index contributed by atoms with van der Waals surface area (Å²) in [5, 5.41) is 7.74. The molecule has 2 aromatic rings. The summed E-state index contributed by atoms with van der Waals surface area (Å²) in [5.41, 5.74) is 0. The normalized spacial score (nSPS) is 11.4. The van der Waals surface area contributed by atoms with Gasteiger partial charge in [-0.25, -0.2) is 18.5 Å². The molecule has 0 bridgehead atoms. The van der Waals surface area contributed by atoms with Crippen molar-refractivity contribution in [3.8, 4) is 5.75 Å². The number of hydrogen-bond acceptors (Lipinski definition) is 6. The third-order valence-electron chi connectivity index (χ3n) is 3.30. The molecule has 140 valence electrons. The first-order chi connectivity index (χ1) is 12.2. The Bertz CT molecular complexity index is 842. The molecule has 8 nitrogen and oxygen atoms in total. The van der Waals surface area contributed by atoms with Crippen LogP contribution in [0.3, 0.4) is 0 Å². The topological polar surface area (TPSA) is 115 Å². The van der Waals surface area contributed by atoms with E-state index in [1.165, 1.54) is 24.3 Å². The van der Waals surface area contributed by atoms with Gasteiger partial charge in [0.25, 0.3) is 0 Å². The molecule has 2 rings (SSSR count). The lowest BCUT2D eigenvalue weighted by atomic mass is 10.3. The molecule has 1 aromatic heterocycles. The second-order valence-electron chi connectivity index (χ2n) is 5.51. The smallest absolute Gasteiger partial charge is 0.239 e. The molecule has 0 aliphatic rings. The Morgan fingerprint density at radius 3 is 2.54 bits per heavy atom. The number of nitrogens with one attached hydrogen (secondary N) is 1. The van der Waals surface area contributed by atoms with E-state index in [0.717, 1.165) is 4.47 Å². The SMILES string of the molecule is CN(CCOc1ccc(S(N)(=O)=O)cc1)CC(=O)Nc1ccc(Br)cn1. The van der Waals surface area contributed by atoms with Gasteiger partial charge in [-0.15, -0.1) is 0 Å². The highest BCUT2D eigenvalue weighted by molar-refractivity contribution is 9.10. The molecule has 0 aliphatic carbocycles. The Hall–Kier alpha value is -2.01. The van der Waals surface area contributed by atoms with Crippen LogP contribution in [0.5, 0.6) is 5.75 Å². The number of rotatable bonds is 8. The molecule has 0 atom stereocenters. The van der Waals surface area contributed by atoms with Crippen molar-refractivity contribution in [1.29, 1.82) is 0 Å².